The molecular formula is C25H20ClF2N5O. The first-order chi connectivity index (χ1) is 16.1. The molecule has 4 rings (SSSR count). The summed E-state index contributed by atoms with van der Waals surface area (Å²) in [6, 6.07) is 8.40. The zero-order valence-electron chi connectivity index (χ0n) is 18.6. The van der Waals surface area contributed by atoms with Crippen molar-refractivity contribution in [1.29, 1.82) is 5.26 Å². The van der Waals surface area contributed by atoms with Crippen LogP contribution in [0.1, 0.15) is 43.8 Å². The lowest BCUT2D eigenvalue weighted by molar-refractivity contribution is 0.0687. The predicted molar refractivity (Wildman–Crippen MR) is 126 cm³/mol. The number of pyridine rings is 1. The third kappa shape index (κ3) is 4.53. The fourth-order valence-corrected chi connectivity index (χ4v) is 3.78. The average Bonchev–Trinajstić information content (AvgIpc) is 2.80. The predicted octanol–water partition coefficient (Wildman–Crippen LogP) is 5.90. The summed E-state index contributed by atoms with van der Waals surface area (Å²) in [5.41, 5.74) is 0.791. The Bertz CT molecular complexity index is 1430. The summed E-state index contributed by atoms with van der Waals surface area (Å²) in [6.07, 6.45) is 4.25. The fourth-order valence-electron chi connectivity index (χ4n) is 3.58. The maximum Gasteiger partial charge on any atom is 0.159 e. The van der Waals surface area contributed by atoms with Gasteiger partial charge in [0.1, 0.15) is 17.2 Å². The summed E-state index contributed by atoms with van der Waals surface area (Å²) >= 11 is 6.42. The van der Waals surface area contributed by atoms with E-state index in [-0.39, 0.29) is 22.0 Å². The molecule has 1 unspecified atom stereocenters. The van der Waals surface area contributed by atoms with Gasteiger partial charge >= 0.3 is 0 Å². The van der Waals surface area contributed by atoms with Crippen LogP contribution in [0.5, 0.6) is 0 Å². The highest BCUT2D eigenvalue weighted by atomic mass is 35.5. The number of aliphatic hydroxyl groups is 1. The molecule has 0 bridgehead atoms. The smallest absolute Gasteiger partial charge is 0.159 e. The molecular weight excluding hydrogens is 460 g/mol. The van der Waals surface area contributed by atoms with Crippen LogP contribution in [0.15, 0.2) is 48.9 Å². The Balaban J connectivity index is 1.79. The molecule has 4 aromatic rings. The van der Waals surface area contributed by atoms with Gasteiger partial charge in [-0.2, -0.15) is 5.26 Å². The standard InChI is InChI=1S/C25H20ClF2N5O/c1-13(16-6-14(9-29)4-5-20(16)27)33-23-18-7-17(21(28)8-22(18)30-12-19(23)26)15-10-31-24(32-11-15)25(2,3)34/h4-8,10-13,34H,1-3H3,(H,30,33). The van der Waals surface area contributed by atoms with Gasteiger partial charge < -0.3 is 10.4 Å². The van der Waals surface area contributed by atoms with Gasteiger partial charge in [0, 0.05) is 46.7 Å². The van der Waals surface area contributed by atoms with Gasteiger partial charge in [-0.05, 0) is 45.0 Å². The molecule has 0 aliphatic heterocycles. The van der Waals surface area contributed by atoms with E-state index in [2.05, 4.69) is 20.3 Å². The molecule has 2 N–H and O–H groups in total. The van der Waals surface area contributed by atoms with Gasteiger partial charge in [0.15, 0.2) is 5.82 Å². The third-order valence-electron chi connectivity index (χ3n) is 5.37. The molecule has 2 heterocycles. The molecule has 172 valence electrons. The van der Waals surface area contributed by atoms with Crippen LogP contribution >= 0.6 is 11.6 Å². The Hall–Kier alpha value is -3.67. The third-order valence-corrected chi connectivity index (χ3v) is 5.66. The van der Waals surface area contributed by atoms with Crippen LogP contribution in [0.3, 0.4) is 0 Å². The number of rotatable bonds is 5. The van der Waals surface area contributed by atoms with Gasteiger partial charge in [0.05, 0.1) is 33.9 Å². The topological polar surface area (TPSA) is 94.7 Å². The molecule has 6 nitrogen and oxygen atoms in total. The lowest BCUT2D eigenvalue weighted by Gasteiger charge is -2.20. The molecule has 0 saturated heterocycles. The highest BCUT2D eigenvalue weighted by molar-refractivity contribution is 6.34. The van der Waals surface area contributed by atoms with Gasteiger partial charge in [0.25, 0.3) is 0 Å². The maximum absolute atomic E-state index is 15.0. The van der Waals surface area contributed by atoms with Crippen molar-refractivity contribution in [2.24, 2.45) is 0 Å². The van der Waals surface area contributed by atoms with Crippen molar-refractivity contribution in [3.8, 4) is 17.2 Å². The van der Waals surface area contributed by atoms with E-state index in [9.17, 15) is 13.9 Å². The first-order valence-electron chi connectivity index (χ1n) is 10.4. The number of nitrogens with one attached hydrogen (secondary N) is 1. The van der Waals surface area contributed by atoms with E-state index < -0.39 is 23.3 Å². The second-order valence-electron chi connectivity index (χ2n) is 8.40. The number of fused-ring (bicyclic) bond motifs is 1. The van der Waals surface area contributed by atoms with Crippen LogP contribution in [0.25, 0.3) is 22.0 Å². The van der Waals surface area contributed by atoms with E-state index >= 15 is 0 Å². The Morgan fingerprint density at radius 3 is 2.41 bits per heavy atom. The normalized spacial score (nSPS) is 12.4. The number of nitrogens with zero attached hydrogens (tertiary/aromatic N) is 4. The lowest BCUT2D eigenvalue weighted by Crippen LogP contribution is -2.19. The number of nitriles is 1. The summed E-state index contributed by atoms with van der Waals surface area (Å²) < 4.78 is 29.4. The largest absolute Gasteiger partial charge is 0.382 e. The molecule has 1 atom stereocenters. The minimum atomic E-state index is -1.23. The van der Waals surface area contributed by atoms with Crippen LogP contribution in [0.2, 0.25) is 5.02 Å². The molecule has 0 spiro atoms. The fraction of sp³-hybridized carbons (Fsp3) is 0.200. The van der Waals surface area contributed by atoms with E-state index in [1.165, 1.54) is 42.9 Å². The minimum Gasteiger partial charge on any atom is -0.382 e. The molecule has 0 fully saturated rings. The Morgan fingerprint density at radius 2 is 1.76 bits per heavy atom. The second kappa shape index (κ2) is 8.93. The van der Waals surface area contributed by atoms with Crippen molar-refractivity contribution >= 4 is 28.2 Å². The molecule has 0 saturated carbocycles. The first kappa shape index (κ1) is 23.5. The monoisotopic (exact) mass is 479 g/mol. The Kier molecular flexibility index (Phi) is 6.17. The Morgan fingerprint density at radius 1 is 1.06 bits per heavy atom. The number of hydrogen-bond donors (Lipinski definition) is 2. The van der Waals surface area contributed by atoms with Crippen LogP contribution < -0.4 is 5.32 Å². The van der Waals surface area contributed by atoms with E-state index in [0.717, 1.165) is 0 Å². The zero-order chi connectivity index (χ0) is 24.6. The lowest BCUT2D eigenvalue weighted by atomic mass is 10.0. The molecule has 0 aliphatic rings. The highest BCUT2D eigenvalue weighted by Crippen LogP contribution is 2.36. The molecule has 2 aromatic heterocycles. The Labute approximate surface area is 199 Å². The summed E-state index contributed by atoms with van der Waals surface area (Å²) in [7, 11) is 0. The molecule has 0 radical (unpaired) electrons. The molecule has 9 heteroatoms. The van der Waals surface area contributed by atoms with Crippen LogP contribution in [-0.4, -0.2) is 20.1 Å². The molecule has 0 aliphatic carbocycles. The summed E-state index contributed by atoms with van der Waals surface area (Å²) in [6.45, 7) is 4.84. The van der Waals surface area contributed by atoms with E-state index in [1.54, 1.807) is 26.8 Å². The van der Waals surface area contributed by atoms with Crippen LogP contribution in [0.4, 0.5) is 14.5 Å². The van der Waals surface area contributed by atoms with Gasteiger partial charge in [-0.15, -0.1) is 0 Å². The highest BCUT2D eigenvalue weighted by Gasteiger charge is 2.21. The van der Waals surface area contributed by atoms with Crippen molar-refractivity contribution in [3.63, 3.8) is 0 Å². The summed E-state index contributed by atoms with van der Waals surface area (Å²) in [5.74, 6) is -0.794. The number of benzene rings is 2. The number of hydrogen-bond acceptors (Lipinski definition) is 6. The SMILES string of the molecule is CC(Nc1c(Cl)cnc2cc(F)c(-c3cnc(C(C)(C)O)nc3)cc12)c1cc(C#N)ccc1F. The summed E-state index contributed by atoms with van der Waals surface area (Å²) in [5, 5.41) is 23.2. The van der Waals surface area contributed by atoms with Gasteiger partial charge in [-0.1, -0.05) is 11.6 Å². The van der Waals surface area contributed by atoms with Crippen molar-refractivity contribution in [2.45, 2.75) is 32.4 Å². The maximum atomic E-state index is 15.0. The minimum absolute atomic E-state index is 0.208. The number of halogens is 3. The van der Waals surface area contributed by atoms with E-state index in [1.807, 2.05) is 6.07 Å². The molecule has 0 amide bonds. The first-order valence-corrected chi connectivity index (χ1v) is 10.8. The molecule has 2 aromatic carbocycles. The van der Waals surface area contributed by atoms with Crippen molar-refractivity contribution in [3.05, 3.63) is 82.5 Å². The van der Waals surface area contributed by atoms with Crippen molar-refractivity contribution in [2.75, 3.05) is 5.32 Å². The average molecular weight is 480 g/mol. The van der Waals surface area contributed by atoms with Crippen LogP contribution in [0, 0.1) is 23.0 Å². The second-order valence-corrected chi connectivity index (χ2v) is 8.81. The number of anilines is 1. The van der Waals surface area contributed by atoms with Gasteiger partial charge in [-0.3, -0.25) is 4.98 Å². The summed E-state index contributed by atoms with van der Waals surface area (Å²) in [4.78, 5) is 12.5. The van der Waals surface area contributed by atoms with Crippen molar-refractivity contribution in [1.82, 2.24) is 15.0 Å². The van der Waals surface area contributed by atoms with Crippen LogP contribution in [-0.2, 0) is 5.60 Å². The van der Waals surface area contributed by atoms with Crippen molar-refractivity contribution < 1.29 is 13.9 Å². The van der Waals surface area contributed by atoms with Gasteiger partial charge in [-0.25, -0.2) is 18.7 Å². The van der Waals surface area contributed by atoms with Gasteiger partial charge in [0.2, 0.25) is 0 Å². The molecule has 34 heavy (non-hydrogen) atoms. The number of aromatic nitrogens is 3. The quantitative estimate of drug-likeness (QED) is 0.370. The van der Waals surface area contributed by atoms with E-state index in [0.29, 0.717) is 27.7 Å². The van der Waals surface area contributed by atoms with E-state index in [4.69, 9.17) is 16.9 Å². The zero-order valence-corrected chi connectivity index (χ0v) is 19.3.